The van der Waals surface area contributed by atoms with Crippen LogP contribution >= 0.6 is 11.5 Å². The van der Waals surface area contributed by atoms with Gasteiger partial charge in [0.2, 0.25) is 5.91 Å². The average Bonchev–Trinajstić information content (AvgIpc) is 3.09. The fraction of sp³-hybridized carbons (Fsp3) is 0.800. The number of nitrogens with zero attached hydrogens (tertiary/aromatic N) is 4. The summed E-state index contributed by atoms with van der Waals surface area (Å²) in [5.41, 5.74) is 1.18. The van der Waals surface area contributed by atoms with Crippen molar-refractivity contribution >= 4 is 17.4 Å². The highest BCUT2D eigenvalue weighted by atomic mass is 32.1. The molecular weight excluding hydrogens is 284 g/mol. The first kappa shape index (κ1) is 13.6. The molecule has 0 aromatic carbocycles. The Morgan fingerprint density at radius 2 is 2.29 bits per heavy atom. The lowest BCUT2D eigenvalue weighted by molar-refractivity contribution is -0.133. The summed E-state index contributed by atoms with van der Waals surface area (Å²) >= 11 is 1.42. The minimum absolute atomic E-state index is 0.112. The molecule has 1 atom stereocenters. The van der Waals surface area contributed by atoms with E-state index in [4.69, 9.17) is 0 Å². The Balaban J connectivity index is 1.48. The zero-order valence-electron chi connectivity index (χ0n) is 12.3. The van der Waals surface area contributed by atoms with E-state index in [-0.39, 0.29) is 5.54 Å². The molecule has 1 aromatic rings. The van der Waals surface area contributed by atoms with Gasteiger partial charge in [-0.2, -0.15) is 0 Å². The lowest BCUT2D eigenvalue weighted by Crippen LogP contribution is -2.56. The first-order valence-electron chi connectivity index (χ1n) is 8.04. The smallest absolute Gasteiger partial charge is 0.223 e. The molecule has 1 amide bonds. The van der Waals surface area contributed by atoms with Crippen LogP contribution in [0.3, 0.4) is 0 Å². The summed E-state index contributed by atoms with van der Waals surface area (Å²) in [6.45, 7) is 4.02. The van der Waals surface area contributed by atoms with Crippen LogP contribution in [0, 0.1) is 5.92 Å². The summed E-state index contributed by atoms with van der Waals surface area (Å²) in [6, 6.07) is 0. The highest BCUT2D eigenvalue weighted by Crippen LogP contribution is 2.41. The van der Waals surface area contributed by atoms with Gasteiger partial charge in [-0.1, -0.05) is 4.49 Å². The van der Waals surface area contributed by atoms with Crippen molar-refractivity contribution in [1.29, 1.82) is 0 Å². The van der Waals surface area contributed by atoms with Crippen LogP contribution in [0.2, 0.25) is 0 Å². The average molecular weight is 306 g/mol. The van der Waals surface area contributed by atoms with Gasteiger partial charge in [-0.25, -0.2) is 0 Å². The van der Waals surface area contributed by atoms with Gasteiger partial charge >= 0.3 is 0 Å². The topological polar surface area (TPSA) is 49.3 Å². The van der Waals surface area contributed by atoms with E-state index < -0.39 is 0 Å². The summed E-state index contributed by atoms with van der Waals surface area (Å²) < 4.78 is 3.95. The molecule has 0 N–H and O–H groups in total. The highest BCUT2D eigenvalue weighted by molar-refractivity contribution is 7.03. The van der Waals surface area contributed by atoms with Gasteiger partial charge in [-0.05, 0) is 56.1 Å². The molecule has 4 rings (SSSR count). The van der Waals surface area contributed by atoms with Crippen molar-refractivity contribution in [2.45, 2.75) is 50.6 Å². The zero-order valence-corrected chi connectivity index (χ0v) is 13.1. The maximum atomic E-state index is 12.3. The van der Waals surface area contributed by atoms with E-state index in [1.807, 2.05) is 5.38 Å². The van der Waals surface area contributed by atoms with E-state index in [1.165, 1.54) is 37.2 Å². The van der Waals surface area contributed by atoms with E-state index >= 15 is 0 Å². The Hall–Kier alpha value is -1.01. The Labute approximate surface area is 129 Å². The minimum atomic E-state index is 0.112. The molecule has 1 aromatic heterocycles. The maximum Gasteiger partial charge on any atom is 0.223 e. The second-order valence-electron chi connectivity index (χ2n) is 6.88. The predicted molar refractivity (Wildman–Crippen MR) is 80.8 cm³/mol. The third kappa shape index (κ3) is 2.71. The lowest BCUT2D eigenvalue weighted by Gasteiger charge is -2.46. The summed E-state index contributed by atoms with van der Waals surface area (Å²) in [5.74, 6) is 1.17. The number of carbonyl (C=O) groups is 1. The normalized spacial score (nSPS) is 30.5. The first-order valence-corrected chi connectivity index (χ1v) is 8.88. The molecule has 1 spiro atoms. The molecule has 3 heterocycles. The van der Waals surface area contributed by atoms with Gasteiger partial charge in [0.15, 0.2) is 0 Å². The second kappa shape index (κ2) is 5.32. The van der Waals surface area contributed by atoms with Crippen LogP contribution < -0.4 is 0 Å². The van der Waals surface area contributed by atoms with E-state index in [0.29, 0.717) is 5.91 Å². The van der Waals surface area contributed by atoms with Crippen molar-refractivity contribution in [2.24, 2.45) is 5.92 Å². The third-order valence-electron chi connectivity index (χ3n) is 5.24. The molecule has 3 aliphatic rings. The number of piperidine rings is 1. The molecule has 0 bridgehead atoms. The molecule has 21 heavy (non-hydrogen) atoms. The van der Waals surface area contributed by atoms with Gasteiger partial charge in [-0.3, -0.25) is 9.69 Å². The van der Waals surface area contributed by atoms with Gasteiger partial charge in [0, 0.05) is 31.4 Å². The number of hydrogen-bond acceptors (Lipinski definition) is 5. The molecule has 0 unspecified atom stereocenters. The number of rotatable bonds is 4. The van der Waals surface area contributed by atoms with Gasteiger partial charge in [0.05, 0.1) is 11.2 Å². The monoisotopic (exact) mass is 306 g/mol. The number of hydrogen-bond donors (Lipinski definition) is 0. The van der Waals surface area contributed by atoms with Crippen molar-refractivity contribution in [3.05, 3.63) is 11.1 Å². The summed E-state index contributed by atoms with van der Waals surface area (Å²) in [4.78, 5) is 17.0. The quantitative estimate of drug-likeness (QED) is 0.852. The Kier molecular flexibility index (Phi) is 3.46. The van der Waals surface area contributed by atoms with Crippen LogP contribution in [0.5, 0.6) is 0 Å². The minimum Gasteiger partial charge on any atom is -0.335 e. The molecule has 0 radical (unpaired) electrons. The molecule has 1 saturated carbocycles. The second-order valence-corrected chi connectivity index (χ2v) is 7.49. The van der Waals surface area contributed by atoms with E-state index in [0.717, 1.165) is 50.6 Å². The first-order chi connectivity index (χ1) is 10.3. The van der Waals surface area contributed by atoms with Gasteiger partial charge in [0.25, 0.3) is 0 Å². The van der Waals surface area contributed by atoms with Crippen LogP contribution in [0.25, 0.3) is 0 Å². The van der Waals surface area contributed by atoms with Crippen LogP contribution in [0.15, 0.2) is 5.38 Å². The summed E-state index contributed by atoms with van der Waals surface area (Å²) in [7, 11) is 0. The van der Waals surface area contributed by atoms with Crippen LogP contribution in [-0.4, -0.2) is 50.5 Å². The Bertz CT molecular complexity index is 516. The highest BCUT2D eigenvalue weighted by Gasteiger charge is 2.48. The SMILES string of the molecule is O=C1CC[C@@]2(CCCN(Cc3csnn3)C2)N1CC1CC1. The molecule has 3 fully saturated rings. The van der Waals surface area contributed by atoms with Crippen molar-refractivity contribution < 1.29 is 4.79 Å². The van der Waals surface area contributed by atoms with Crippen LogP contribution in [-0.2, 0) is 11.3 Å². The van der Waals surface area contributed by atoms with Crippen molar-refractivity contribution in [1.82, 2.24) is 19.4 Å². The largest absolute Gasteiger partial charge is 0.335 e. The summed E-state index contributed by atoms with van der Waals surface area (Å²) in [6.07, 6.45) is 6.79. The van der Waals surface area contributed by atoms with Crippen molar-refractivity contribution in [2.75, 3.05) is 19.6 Å². The molecule has 2 saturated heterocycles. The molecule has 5 nitrogen and oxygen atoms in total. The van der Waals surface area contributed by atoms with Crippen molar-refractivity contribution in [3.8, 4) is 0 Å². The molecular formula is C15H22N4OS. The number of likely N-dealkylation sites (tertiary alicyclic amines) is 2. The standard InChI is InChI=1S/C15H22N4OS/c20-14-4-6-15(19(14)8-12-2-3-12)5-1-7-18(11-15)9-13-10-21-17-16-13/h10,12H,1-9,11H2/t15-/m1/s1. The van der Waals surface area contributed by atoms with Gasteiger partial charge < -0.3 is 4.90 Å². The van der Waals surface area contributed by atoms with Crippen molar-refractivity contribution in [3.63, 3.8) is 0 Å². The van der Waals surface area contributed by atoms with E-state index in [1.54, 1.807) is 0 Å². The number of aromatic nitrogens is 2. The predicted octanol–water partition coefficient (Wildman–Crippen LogP) is 1.91. The Morgan fingerprint density at radius 1 is 1.38 bits per heavy atom. The molecule has 114 valence electrons. The van der Waals surface area contributed by atoms with Gasteiger partial charge in [-0.15, -0.1) is 5.10 Å². The van der Waals surface area contributed by atoms with E-state index in [2.05, 4.69) is 19.4 Å². The summed E-state index contributed by atoms with van der Waals surface area (Å²) in [5, 5.41) is 6.19. The fourth-order valence-corrected chi connectivity index (χ4v) is 4.42. The maximum absolute atomic E-state index is 12.3. The molecule has 1 aliphatic carbocycles. The molecule has 2 aliphatic heterocycles. The Morgan fingerprint density at radius 3 is 3.05 bits per heavy atom. The third-order valence-corrected chi connectivity index (χ3v) is 5.79. The lowest BCUT2D eigenvalue weighted by atomic mass is 9.86. The zero-order chi connectivity index (χ0) is 14.3. The fourth-order valence-electron chi connectivity index (χ4n) is 3.98. The van der Waals surface area contributed by atoms with Gasteiger partial charge in [0.1, 0.15) is 0 Å². The van der Waals surface area contributed by atoms with Crippen LogP contribution in [0.1, 0.15) is 44.2 Å². The number of amides is 1. The molecule has 6 heteroatoms. The number of carbonyl (C=O) groups excluding carboxylic acids is 1. The van der Waals surface area contributed by atoms with Crippen LogP contribution in [0.4, 0.5) is 0 Å². The van der Waals surface area contributed by atoms with E-state index in [9.17, 15) is 4.79 Å².